The fraction of sp³-hybridized carbons (Fsp3) is 0.500. The molecule has 0 spiro atoms. The lowest BCUT2D eigenvalue weighted by molar-refractivity contribution is 0.231. The first kappa shape index (κ1) is 11.2. The summed E-state index contributed by atoms with van der Waals surface area (Å²) in [4.78, 5) is 0. The minimum atomic E-state index is -0.923. The number of halogens is 2. The summed E-state index contributed by atoms with van der Waals surface area (Å²) in [7, 11) is 0. The molecule has 78 valence electrons. The Bertz CT molecular complexity index is 265. The van der Waals surface area contributed by atoms with Gasteiger partial charge in [-0.15, -0.1) is 0 Å². The fourth-order valence-corrected chi connectivity index (χ4v) is 1.49. The van der Waals surface area contributed by atoms with Crippen LogP contribution in [0.2, 0.25) is 0 Å². The third-order valence-corrected chi connectivity index (χ3v) is 2.85. The van der Waals surface area contributed by atoms with E-state index in [4.69, 9.17) is 0 Å². The Kier molecular flexibility index (Phi) is 3.62. The second-order valence-electron chi connectivity index (χ2n) is 3.77. The highest BCUT2D eigenvalue weighted by Gasteiger charge is 2.30. The van der Waals surface area contributed by atoms with Gasteiger partial charge in [0, 0.05) is 0 Å². The zero-order valence-corrected chi connectivity index (χ0v) is 8.69. The number of rotatable bonds is 4. The first-order valence-electron chi connectivity index (χ1n) is 4.87. The van der Waals surface area contributed by atoms with Gasteiger partial charge < -0.3 is 0 Å². The monoisotopic (exact) mass is 198 g/mol. The summed E-state index contributed by atoms with van der Waals surface area (Å²) in [5.74, 6) is 0. The molecule has 0 bridgehead atoms. The van der Waals surface area contributed by atoms with Gasteiger partial charge in [0.05, 0.1) is 5.41 Å². The molecule has 0 aliphatic rings. The molecule has 0 aliphatic heterocycles. The van der Waals surface area contributed by atoms with Crippen LogP contribution >= 0.6 is 0 Å². The van der Waals surface area contributed by atoms with E-state index >= 15 is 0 Å². The van der Waals surface area contributed by atoms with E-state index in [1.54, 1.807) is 0 Å². The van der Waals surface area contributed by atoms with Gasteiger partial charge in [-0.3, -0.25) is 8.78 Å². The van der Waals surface area contributed by atoms with E-state index in [9.17, 15) is 8.78 Å². The maximum Gasteiger partial charge on any atom is 0.102 e. The van der Waals surface area contributed by atoms with Crippen LogP contribution in [0.15, 0.2) is 24.3 Å². The first-order chi connectivity index (χ1) is 6.68. The van der Waals surface area contributed by atoms with Gasteiger partial charge in [0.25, 0.3) is 0 Å². The molecule has 2 heteroatoms. The number of alkyl halides is 2. The van der Waals surface area contributed by atoms with Crippen molar-refractivity contribution in [1.29, 1.82) is 0 Å². The Morgan fingerprint density at radius 1 is 1.07 bits per heavy atom. The molecular weight excluding hydrogens is 182 g/mol. The average Bonchev–Trinajstić information content (AvgIpc) is 2.24. The second-order valence-corrected chi connectivity index (χ2v) is 3.77. The third kappa shape index (κ3) is 1.94. The van der Waals surface area contributed by atoms with E-state index in [0.29, 0.717) is 6.42 Å². The Labute approximate surface area is 84.0 Å². The van der Waals surface area contributed by atoms with Crippen LogP contribution in [0.3, 0.4) is 0 Å². The highest BCUT2D eigenvalue weighted by molar-refractivity contribution is 5.29. The molecule has 0 N–H and O–H groups in total. The summed E-state index contributed by atoms with van der Waals surface area (Å²) in [6, 6.07) is 7.42. The van der Waals surface area contributed by atoms with Crippen molar-refractivity contribution in [2.75, 3.05) is 13.3 Å². The van der Waals surface area contributed by atoms with E-state index in [2.05, 4.69) is 0 Å². The lowest BCUT2D eigenvalue weighted by Gasteiger charge is -2.26. The summed E-state index contributed by atoms with van der Waals surface area (Å²) < 4.78 is 25.7. The van der Waals surface area contributed by atoms with Crippen molar-refractivity contribution >= 4 is 0 Å². The molecule has 0 atom stereocenters. The van der Waals surface area contributed by atoms with E-state index in [-0.39, 0.29) is 0 Å². The summed E-state index contributed by atoms with van der Waals surface area (Å²) in [5, 5.41) is 0. The topological polar surface area (TPSA) is 0 Å². The van der Waals surface area contributed by atoms with Crippen molar-refractivity contribution in [1.82, 2.24) is 0 Å². The molecule has 1 aromatic carbocycles. The number of hydrogen-bond donors (Lipinski definition) is 0. The van der Waals surface area contributed by atoms with E-state index < -0.39 is 18.8 Å². The van der Waals surface area contributed by atoms with Gasteiger partial charge in [0.15, 0.2) is 0 Å². The Balaban J connectivity index is 3.05. The molecule has 0 saturated carbocycles. The summed E-state index contributed by atoms with van der Waals surface area (Å²) in [5.41, 5.74) is 0.945. The quantitative estimate of drug-likeness (QED) is 0.693. The second kappa shape index (κ2) is 4.54. The maximum absolute atomic E-state index is 12.9. The molecule has 0 heterocycles. The van der Waals surface area contributed by atoms with Crippen LogP contribution in [0.5, 0.6) is 0 Å². The summed E-state index contributed by atoms with van der Waals surface area (Å²) in [6.07, 6.45) is 0.489. The molecule has 1 aromatic rings. The van der Waals surface area contributed by atoms with Crippen molar-refractivity contribution in [2.45, 2.75) is 25.7 Å². The number of benzene rings is 1. The minimum absolute atomic E-state index is 0.489. The Morgan fingerprint density at radius 3 is 1.93 bits per heavy atom. The van der Waals surface area contributed by atoms with Crippen molar-refractivity contribution in [3.8, 4) is 0 Å². The minimum Gasteiger partial charge on any atom is -0.250 e. The van der Waals surface area contributed by atoms with Crippen LogP contribution in [0, 0.1) is 6.92 Å². The average molecular weight is 198 g/mol. The normalized spacial score (nSPS) is 11.7. The van der Waals surface area contributed by atoms with Crippen LogP contribution in [-0.4, -0.2) is 13.3 Å². The van der Waals surface area contributed by atoms with Crippen LogP contribution in [0.1, 0.15) is 24.5 Å². The molecular formula is C12H16F2. The molecule has 0 saturated heterocycles. The Hall–Kier alpha value is -0.920. The first-order valence-corrected chi connectivity index (χ1v) is 4.87. The third-order valence-electron chi connectivity index (χ3n) is 2.85. The molecule has 0 nitrogen and oxygen atoms in total. The molecule has 0 radical (unpaired) electrons. The lowest BCUT2D eigenvalue weighted by Crippen LogP contribution is -2.30. The van der Waals surface area contributed by atoms with Crippen molar-refractivity contribution in [2.24, 2.45) is 0 Å². The van der Waals surface area contributed by atoms with Crippen LogP contribution in [0.4, 0.5) is 8.78 Å². The van der Waals surface area contributed by atoms with Gasteiger partial charge in [-0.1, -0.05) is 36.8 Å². The smallest absolute Gasteiger partial charge is 0.102 e. The largest absolute Gasteiger partial charge is 0.250 e. The van der Waals surface area contributed by atoms with Crippen LogP contribution in [-0.2, 0) is 5.41 Å². The zero-order chi connectivity index (χ0) is 10.6. The van der Waals surface area contributed by atoms with Gasteiger partial charge in [0.1, 0.15) is 13.3 Å². The predicted octanol–water partition coefficient (Wildman–Crippen LogP) is 3.58. The number of aryl methyl sites for hydroxylation is 1. The fourth-order valence-electron chi connectivity index (χ4n) is 1.49. The van der Waals surface area contributed by atoms with Crippen molar-refractivity contribution in [3.63, 3.8) is 0 Å². The summed E-state index contributed by atoms with van der Waals surface area (Å²) >= 11 is 0. The van der Waals surface area contributed by atoms with Crippen molar-refractivity contribution < 1.29 is 8.78 Å². The Morgan fingerprint density at radius 2 is 1.57 bits per heavy atom. The SMILES string of the molecule is CCC(CF)(CF)c1ccc(C)cc1. The van der Waals surface area contributed by atoms with Crippen LogP contribution < -0.4 is 0 Å². The van der Waals surface area contributed by atoms with Gasteiger partial charge in [0.2, 0.25) is 0 Å². The van der Waals surface area contributed by atoms with Crippen molar-refractivity contribution in [3.05, 3.63) is 35.4 Å². The van der Waals surface area contributed by atoms with Gasteiger partial charge in [-0.2, -0.15) is 0 Å². The summed E-state index contributed by atoms with van der Waals surface area (Å²) in [6.45, 7) is 2.51. The standard InChI is InChI=1S/C12H16F2/c1-3-12(8-13,9-14)11-6-4-10(2)5-7-11/h4-7H,3,8-9H2,1-2H3. The lowest BCUT2D eigenvalue weighted by atomic mass is 9.80. The predicted molar refractivity (Wildman–Crippen MR) is 55.1 cm³/mol. The van der Waals surface area contributed by atoms with Crippen LogP contribution in [0.25, 0.3) is 0 Å². The highest BCUT2D eigenvalue weighted by atomic mass is 19.1. The molecule has 0 unspecified atom stereocenters. The van der Waals surface area contributed by atoms with E-state index in [1.807, 2.05) is 38.1 Å². The molecule has 0 amide bonds. The van der Waals surface area contributed by atoms with Gasteiger partial charge >= 0.3 is 0 Å². The van der Waals surface area contributed by atoms with E-state index in [1.165, 1.54) is 0 Å². The maximum atomic E-state index is 12.9. The molecule has 14 heavy (non-hydrogen) atoms. The molecule has 0 fully saturated rings. The van der Waals surface area contributed by atoms with Gasteiger partial charge in [-0.05, 0) is 18.9 Å². The highest BCUT2D eigenvalue weighted by Crippen LogP contribution is 2.29. The zero-order valence-electron chi connectivity index (χ0n) is 8.69. The van der Waals surface area contributed by atoms with Gasteiger partial charge in [-0.25, -0.2) is 0 Å². The van der Waals surface area contributed by atoms with E-state index in [0.717, 1.165) is 11.1 Å². The molecule has 0 aliphatic carbocycles. The molecule has 1 rings (SSSR count). The molecule has 0 aromatic heterocycles. The number of hydrogen-bond acceptors (Lipinski definition) is 0.